The molecule has 2 heterocycles. The molecule has 1 aliphatic rings. The minimum absolute atomic E-state index is 0.574. The van der Waals surface area contributed by atoms with Gasteiger partial charge in [0, 0.05) is 36.3 Å². The molecule has 1 fully saturated rings. The minimum atomic E-state index is 0.574. The average molecular weight is 241 g/mol. The summed E-state index contributed by atoms with van der Waals surface area (Å²) in [6, 6.07) is 0.574. The largest absolute Gasteiger partial charge is 0.362 e. The summed E-state index contributed by atoms with van der Waals surface area (Å²) in [4.78, 5) is 8.78. The molecule has 0 radical (unpaired) electrons. The average Bonchev–Trinajstić information content (AvgIpc) is 2.71. The lowest BCUT2D eigenvalue weighted by molar-refractivity contribution is 0.642. The second kappa shape index (κ2) is 5.51. The molecule has 1 saturated heterocycles. The zero-order chi connectivity index (χ0) is 10.5. The Morgan fingerprint density at radius 3 is 3.33 bits per heavy atom. The molecule has 2 rings (SSSR count). The Kier molecular flexibility index (Phi) is 4.02. The van der Waals surface area contributed by atoms with Crippen molar-refractivity contribution in [3.63, 3.8) is 0 Å². The monoisotopic (exact) mass is 241 g/mol. The van der Waals surface area contributed by atoms with Crippen LogP contribution in [0, 0.1) is 0 Å². The van der Waals surface area contributed by atoms with Crippen LogP contribution < -0.4 is 5.32 Å². The second-order valence-electron chi connectivity index (χ2n) is 3.55. The van der Waals surface area contributed by atoms with Gasteiger partial charge in [-0.1, -0.05) is 11.8 Å². The lowest BCUT2D eigenvalue weighted by Crippen LogP contribution is -2.35. The van der Waals surface area contributed by atoms with E-state index < -0.39 is 0 Å². The topological polar surface area (TPSA) is 37.3 Å². The lowest BCUT2D eigenvalue weighted by atomic mass is 10.3. The lowest BCUT2D eigenvalue weighted by Gasteiger charge is -2.21. The highest BCUT2D eigenvalue weighted by molar-refractivity contribution is 8.13. The van der Waals surface area contributed by atoms with Crippen molar-refractivity contribution < 1.29 is 0 Å². The Balaban J connectivity index is 1.78. The first-order valence-electron chi connectivity index (χ1n) is 5.17. The predicted octanol–water partition coefficient (Wildman–Crippen LogP) is 2.16. The number of nitrogens with one attached hydrogen (secondary N) is 1. The van der Waals surface area contributed by atoms with Crippen molar-refractivity contribution in [2.24, 2.45) is 4.99 Å². The van der Waals surface area contributed by atoms with Crippen molar-refractivity contribution >= 4 is 28.3 Å². The first kappa shape index (κ1) is 11.0. The van der Waals surface area contributed by atoms with Crippen LogP contribution in [0.1, 0.15) is 18.4 Å². The van der Waals surface area contributed by atoms with Gasteiger partial charge in [-0.25, -0.2) is 4.98 Å². The van der Waals surface area contributed by atoms with Gasteiger partial charge in [0.1, 0.15) is 0 Å². The highest BCUT2D eigenvalue weighted by Crippen LogP contribution is 2.13. The van der Waals surface area contributed by atoms with Gasteiger partial charge < -0.3 is 5.32 Å². The molecule has 5 heteroatoms. The Morgan fingerprint density at radius 1 is 1.67 bits per heavy atom. The van der Waals surface area contributed by atoms with Gasteiger partial charge >= 0.3 is 0 Å². The van der Waals surface area contributed by atoms with E-state index >= 15 is 0 Å². The number of thioether (sulfide) groups is 1. The second-order valence-corrected chi connectivity index (χ2v) is 5.61. The molecule has 0 saturated carbocycles. The van der Waals surface area contributed by atoms with Crippen LogP contribution in [0.2, 0.25) is 0 Å². The summed E-state index contributed by atoms with van der Waals surface area (Å²) in [5.74, 6) is 1.18. The maximum Gasteiger partial charge on any atom is 0.156 e. The number of amidine groups is 1. The van der Waals surface area contributed by atoms with Crippen molar-refractivity contribution in [1.82, 2.24) is 10.3 Å². The number of nitrogens with zero attached hydrogens (tertiary/aromatic N) is 2. The highest BCUT2D eigenvalue weighted by atomic mass is 32.2. The maximum absolute atomic E-state index is 4.54. The zero-order valence-electron chi connectivity index (χ0n) is 8.77. The first-order chi connectivity index (χ1) is 7.34. The van der Waals surface area contributed by atoms with Gasteiger partial charge in [0.15, 0.2) is 5.17 Å². The van der Waals surface area contributed by atoms with Crippen LogP contribution in [0.25, 0.3) is 0 Å². The standard InChI is InChI=1S/C10H15N3S2/c1-8-3-6-15-10(13-8)12-4-2-9-11-5-7-14-9/h5,7-8H,2-4,6H2,1H3,(H,12,13). The van der Waals surface area contributed by atoms with E-state index in [2.05, 4.69) is 22.2 Å². The number of thiazole rings is 1. The van der Waals surface area contributed by atoms with Crippen LogP contribution >= 0.6 is 23.1 Å². The van der Waals surface area contributed by atoms with Gasteiger partial charge in [0.2, 0.25) is 0 Å². The summed E-state index contributed by atoms with van der Waals surface area (Å²) in [5.41, 5.74) is 0. The number of rotatable bonds is 3. The number of hydrogen-bond donors (Lipinski definition) is 1. The smallest absolute Gasteiger partial charge is 0.156 e. The van der Waals surface area contributed by atoms with Crippen LogP contribution in [0.15, 0.2) is 16.6 Å². The summed E-state index contributed by atoms with van der Waals surface area (Å²) < 4.78 is 0. The first-order valence-corrected chi connectivity index (χ1v) is 7.03. The molecule has 0 aliphatic carbocycles. The van der Waals surface area contributed by atoms with E-state index in [0.717, 1.165) is 18.1 Å². The zero-order valence-corrected chi connectivity index (χ0v) is 10.4. The maximum atomic E-state index is 4.54. The third-order valence-corrected chi connectivity index (χ3v) is 4.02. The van der Waals surface area contributed by atoms with Gasteiger partial charge in [0.25, 0.3) is 0 Å². The summed E-state index contributed by atoms with van der Waals surface area (Å²) in [5, 5.41) is 7.68. The van der Waals surface area contributed by atoms with Crippen molar-refractivity contribution in [3.05, 3.63) is 16.6 Å². The Bertz CT molecular complexity index is 321. The van der Waals surface area contributed by atoms with Crippen molar-refractivity contribution in [1.29, 1.82) is 0 Å². The Hall–Kier alpha value is -0.550. The summed E-state index contributed by atoms with van der Waals surface area (Å²) in [6.45, 7) is 3.05. The van der Waals surface area contributed by atoms with Crippen LogP contribution in [0.5, 0.6) is 0 Å². The van der Waals surface area contributed by atoms with E-state index in [0.29, 0.717) is 6.04 Å². The van der Waals surface area contributed by atoms with Gasteiger partial charge in [-0.3, -0.25) is 4.99 Å². The molecule has 1 aliphatic heterocycles. The highest BCUT2D eigenvalue weighted by Gasteiger charge is 2.12. The third kappa shape index (κ3) is 3.50. The van der Waals surface area contributed by atoms with Crippen LogP contribution in [-0.4, -0.2) is 28.5 Å². The number of aromatic nitrogens is 1. The van der Waals surface area contributed by atoms with Crippen LogP contribution in [0.3, 0.4) is 0 Å². The normalized spacial score (nSPS) is 24.1. The fourth-order valence-corrected chi connectivity index (χ4v) is 3.12. The van der Waals surface area contributed by atoms with E-state index in [1.54, 1.807) is 11.3 Å². The van der Waals surface area contributed by atoms with Crippen LogP contribution in [-0.2, 0) is 6.42 Å². The Labute approximate surface area is 98.4 Å². The molecule has 0 aromatic carbocycles. The molecule has 15 heavy (non-hydrogen) atoms. The fraction of sp³-hybridized carbons (Fsp3) is 0.600. The van der Waals surface area contributed by atoms with Crippen LogP contribution in [0.4, 0.5) is 0 Å². The van der Waals surface area contributed by atoms with Gasteiger partial charge in [0.05, 0.1) is 5.01 Å². The van der Waals surface area contributed by atoms with Gasteiger partial charge in [-0.15, -0.1) is 11.3 Å². The molecule has 1 aromatic heterocycles. The summed E-state index contributed by atoms with van der Waals surface area (Å²) in [6.07, 6.45) is 4.04. The molecule has 0 bridgehead atoms. The van der Waals surface area contributed by atoms with Gasteiger partial charge in [-0.2, -0.15) is 0 Å². The van der Waals surface area contributed by atoms with Gasteiger partial charge in [-0.05, 0) is 13.3 Å². The van der Waals surface area contributed by atoms with E-state index in [4.69, 9.17) is 0 Å². The van der Waals surface area contributed by atoms with E-state index in [1.165, 1.54) is 17.2 Å². The van der Waals surface area contributed by atoms with Crippen molar-refractivity contribution in [2.45, 2.75) is 25.8 Å². The summed E-state index contributed by atoms with van der Waals surface area (Å²) >= 11 is 3.53. The molecule has 1 N–H and O–H groups in total. The molecule has 82 valence electrons. The third-order valence-electron chi connectivity index (χ3n) is 2.22. The Morgan fingerprint density at radius 2 is 2.60 bits per heavy atom. The molecular weight excluding hydrogens is 226 g/mol. The molecule has 0 amide bonds. The minimum Gasteiger partial charge on any atom is -0.362 e. The van der Waals surface area contributed by atoms with Crippen molar-refractivity contribution in [3.8, 4) is 0 Å². The number of hydrogen-bond acceptors (Lipinski definition) is 4. The molecule has 0 spiro atoms. The SMILES string of the molecule is CC1CCSC(=NCCc2nccs2)N1. The molecular formula is C10H15N3S2. The molecule has 1 unspecified atom stereocenters. The molecule has 1 aromatic rings. The predicted molar refractivity (Wildman–Crippen MR) is 67.8 cm³/mol. The number of aliphatic imine (C=N–C) groups is 1. The molecule has 3 nitrogen and oxygen atoms in total. The van der Waals surface area contributed by atoms with E-state index in [-0.39, 0.29) is 0 Å². The quantitative estimate of drug-likeness (QED) is 0.881. The fourth-order valence-electron chi connectivity index (χ4n) is 1.38. The molecule has 1 atom stereocenters. The van der Waals surface area contributed by atoms with Crippen molar-refractivity contribution in [2.75, 3.05) is 12.3 Å². The van der Waals surface area contributed by atoms with E-state index in [1.807, 2.05) is 23.3 Å². The van der Waals surface area contributed by atoms with E-state index in [9.17, 15) is 0 Å². The summed E-state index contributed by atoms with van der Waals surface area (Å²) in [7, 11) is 0.